The van der Waals surface area contributed by atoms with Crippen LogP contribution in [0.2, 0.25) is 0 Å². The molecule has 9 heteroatoms. The second kappa shape index (κ2) is 16.7. The third-order valence-corrected chi connectivity index (χ3v) is 8.62. The Labute approximate surface area is 250 Å². The number of carbonyl (C=O) groups excluding carboxylic acids is 2. The molecular weight excluding hydrogens is 550 g/mol. The lowest BCUT2D eigenvalue weighted by molar-refractivity contribution is -0.141. The van der Waals surface area contributed by atoms with Gasteiger partial charge in [-0.25, -0.2) is 13.1 Å². The van der Waals surface area contributed by atoms with E-state index in [0.29, 0.717) is 31.7 Å². The molecule has 0 aliphatic rings. The first-order valence-electron chi connectivity index (χ1n) is 14.6. The highest BCUT2D eigenvalue weighted by atomic mass is 32.2. The van der Waals surface area contributed by atoms with E-state index in [2.05, 4.69) is 17.0 Å². The lowest BCUT2D eigenvalue weighted by atomic mass is 10.0. The number of ether oxygens (including phenoxy) is 1. The van der Waals surface area contributed by atoms with E-state index >= 15 is 0 Å². The maximum Gasteiger partial charge on any atom is 0.243 e. The molecule has 2 amide bonds. The molecule has 226 valence electrons. The van der Waals surface area contributed by atoms with E-state index in [9.17, 15) is 18.0 Å². The summed E-state index contributed by atoms with van der Waals surface area (Å²) in [5.41, 5.74) is 2.70. The molecule has 0 aliphatic carbocycles. The third kappa shape index (κ3) is 9.99. The molecular formula is C33H43N3O5S. The van der Waals surface area contributed by atoms with E-state index in [1.807, 2.05) is 54.6 Å². The average molecular weight is 594 g/mol. The fourth-order valence-corrected chi connectivity index (χ4v) is 5.73. The number of rotatable bonds is 17. The Hall–Kier alpha value is -3.69. The lowest BCUT2D eigenvalue weighted by Gasteiger charge is -2.32. The van der Waals surface area contributed by atoms with Crippen LogP contribution in [0.3, 0.4) is 0 Å². The van der Waals surface area contributed by atoms with E-state index in [4.69, 9.17) is 4.74 Å². The van der Waals surface area contributed by atoms with Crippen LogP contribution in [0, 0.1) is 0 Å². The monoisotopic (exact) mass is 593 g/mol. The first kappa shape index (κ1) is 32.8. The van der Waals surface area contributed by atoms with Crippen molar-refractivity contribution in [3.05, 3.63) is 95.6 Å². The predicted molar refractivity (Wildman–Crippen MR) is 166 cm³/mol. The first-order chi connectivity index (χ1) is 20.3. The van der Waals surface area contributed by atoms with Crippen molar-refractivity contribution in [3.63, 3.8) is 0 Å². The zero-order valence-electron chi connectivity index (χ0n) is 24.8. The van der Waals surface area contributed by atoms with Crippen LogP contribution in [0.25, 0.3) is 0 Å². The summed E-state index contributed by atoms with van der Waals surface area (Å²) in [6.45, 7) is 4.97. The van der Waals surface area contributed by atoms with Gasteiger partial charge in [-0.1, -0.05) is 81.3 Å². The van der Waals surface area contributed by atoms with Crippen molar-refractivity contribution in [3.8, 4) is 5.75 Å². The number of methoxy groups -OCH3 is 1. The molecule has 3 aromatic carbocycles. The number of aryl methyl sites for hydroxylation is 1. The largest absolute Gasteiger partial charge is 0.497 e. The van der Waals surface area contributed by atoms with Gasteiger partial charge in [0.1, 0.15) is 11.8 Å². The number of carbonyl (C=O) groups is 2. The van der Waals surface area contributed by atoms with Crippen LogP contribution >= 0.6 is 0 Å². The van der Waals surface area contributed by atoms with Gasteiger partial charge in [0.05, 0.1) is 12.0 Å². The maximum atomic E-state index is 13.9. The number of hydrogen-bond donors (Lipinski definition) is 2. The molecule has 0 fully saturated rings. The number of hydrogen-bond acceptors (Lipinski definition) is 5. The zero-order chi connectivity index (χ0) is 30.4. The highest BCUT2D eigenvalue weighted by Crippen LogP contribution is 2.19. The molecule has 3 aromatic rings. The smallest absolute Gasteiger partial charge is 0.243 e. The highest BCUT2D eigenvalue weighted by Gasteiger charge is 2.30. The number of amides is 2. The molecule has 42 heavy (non-hydrogen) atoms. The van der Waals surface area contributed by atoms with Crippen molar-refractivity contribution in [2.24, 2.45) is 0 Å². The Balaban J connectivity index is 1.85. The van der Waals surface area contributed by atoms with Gasteiger partial charge in [0.2, 0.25) is 21.8 Å². The molecule has 0 aliphatic heterocycles. The number of unbranched alkanes of at least 4 members (excludes halogenated alkanes) is 2. The van der Waals surface area contributed by atoms with E-state index in [-0.39, 0.29) is 29.7 Å². The number of sulfonamides is 1. The molecule has 1 unspecified atom stereocenters. The highest BCUT2D eigenvalue weighted by molar-refractivity contribution is 7.89. The molecule has 0 saturated heterocycles. The van der Waals surface area contributed by atoms with Crippen molar-refractivity contribution < 1.29 is 22.7 Å². The third-order valence-electron chi connectivity index (χ3n) is 7.06. The van der Waals surface area contributed by atoms with Crippen molar-refractivity contribution in [1.82, 2.24) is 14.9 Å². The van der Waals surface area contributed by atoms with E-state index in [1.165, 1.54) is 0 Å². The zero-order valence-corrected chi connectivity index (χ0v) is 25.7. The number of nitrogens with zero attached hydrogens (tertiary/aromatic N) is 1. The Kier molecular flexibility index (Phi) is 13.0. The van der Waals surface area contributed by atoms with Crippen molar-refractivity contribution in [2.75, 3.05) is 20.2 Å². The Morgan fingerprint density at radius 1 is 0.857 bits per heavy atom. The van der Waals surface area contributed by atoms with Gasteiger partial charge in [0.15, 0.2) is 0 Å². The van der Waals surface area contributed by atoms with Gasteiger partial charge in [-0.3, -0.25) is 9.59 Å². The van der Waals surface area contributed by atoms with Gasteiger partial charge in [-0.15, -0.1) is 0 Å². The first-order valence-corrected chi connectivity index (χ1v) is 16.1. The lowest BCUT2D eigenvalue weighted by Crippen LogP contribution is -2.50. The van der Waals surface area contributed by atoms with Gasteiger partial charge >= 0.3 is 0 Å². The fourth-order valence-electron chi connectivity index (χ4n) is 4.69. The fraction of sp³-hybridized carbons (Fsp3) is 0.394. The molecule has 0 aromatic heterocycles. The molecule has 1 atom stereocenters. The van der Waals surface area contributed by atoms with Crippen LogP contribution in [0.5, 0.6) is 5.75 Å². The van der Waals surface area contributed by atoms with Crippen LogP contribution in [-0.4, -0.2) is 51.4 Å². The van der Waals surface area contributed by atoms with Gasteiger partial charge in [0.25, 0.3) is 0 Å². The van der Waals surface area contributed by atoms with Gasteiger partial charge in [-0.2, -0.15) is 0 Å². The molecule has 2 N–H and O–H groups in total. The minimum absolute atomic E-state index is 0.153. The van der Waals surface area contributed by atoms with Crippen LogP contribution in [0.1, 0.15) is 56.2 Å². The van der Waals surface area contributed by atoms with Crippen LogP contribution in [0.15, 0.2) is 83.8 Å². The Morgan fingerprint density at radius 3 is 2.14 bits per heavy atom. The quantitative estimate of drug-likeness (QED) is 0.217. The van der Waals surface area contributed by atoms with Crippen LogP contribution < -0.4 is 14.8 Å². The summed E-state index contributed by atoms with van der Waals surface area (Å²) in [7, 11) is -1.95. The second-order valence-electron chi connectivity index (χ2n) is 10.2. The molecule has 0 saturated carbocycles. The molecule has 8 nitrogen and oxygen atoms in total. The van der Waals surface area contributed by atoms with Gasteiger partial charge in [-0.05, 0) is 53.8 Å². The summed E-state index contributed by atoms with van der Waals surface area (Å²) in [5, 5.41) is 3.07. The number of benzene rings is 3. The molecule has 0 bridgehead atoms. The van der Waals surface area contributed by atoms with Crippen LogP contribution in [0.4, 0.5) is 0 Å². The number of nitrogens with one attached hydrogen (secondary N) is 2. The molecule has 3 rings (SSSR count). The normalized spacial score (nSPS) is 12.0. The summed E-state index contributed by atoms with van der Waals surface area (Å²) in [6.07, 6.45) is 3.92. The van der Waals surface area contributed by atoms with E-state index < -0.39 is 16.1 Å². The van der Waals surface area contributed by atoms with Crippen LogP contribution in [-0.2, 0) is 39.0 Å². The predicted octanol–water partition coefficient (Wildman–Crippen LogP) is 4.87. The van der Waals surface area contributed by atoms with E-state index in [1.54, 1.807) is 43.2 Å². The van der Waals surface area contributed by atoms with E-state index in [0.717, 1.165) is 36.0 Å². The molecule has 0 radical (unpaired) electrons. The topological polar surface area (TPSA) is 105 Å². The maximum absolute atomic E-state index is 13.9. The standard InChI is InChI=1S/C33H43N3O5S/c1-4-6-10-23-34-33(38)31(24-27-11-8-7-9-12-27)36(25-28-13-18-29(41-3)19-14-28)32(37)22-17-26-15-20-30(21-16-26)42(39,40)35-5-2/h7-9,11-16,18-21,31,35H,4-6,10,17,22-25H2,1-3H3,(H,34,38). The van der Waals surface area contributed by atoms with Crippen molar-refractivity contribution in [1.29, 1.82) is 0 Å². The average Bonchev–Trinajstić information content (AvgIpc) is 3.00. The SMILES string of the molecule is CCCCCNC(=O)C(Cc1ccccc1)N(Cc1ccc(OC)cc1)C(=O)CCc1ccc(S(=O)(=O)NCC)cc1. The summed E-state index contributed by atoms with van der Waals surface area (Å²) in [6, 6.07) is 23.1. The summed E-state index contributed by atoms with van der Waals surface area (Å²) < 4.78 is 32.4. The van der Waals surface area contributed by atoms with Gasteiger partial charge in [0, 0.05) is 32.5 Å². The minimum atomic E-state index is -3.55. The second-order valence-corrected chi connectivity index (χ2v) is 12.0. The summed E-state index contributed by atoms with van der Waals surface area (Å²) in [4.78, 5) is 29.4. The molecule has 0 heterocycles. The van der Waals surface area contributed by atoms with Gasteiger partial charge < -0.3 is 15.0 Å². The Morgan fingerprint density at radius 2 is 1.52 bits per heavy atom. The summed E-state index contributed by atoms with van der Waals surface area (Å²) in [5.74, 6) is 0.389. The van der Waals surface area contributed by atoms with Crippen molar-refractivity contribution in [2.45, 2.75) is 69.9 Å². The molecule has 0 spiro atoms. The Bertz CT molecular complexity index is 1360. The minimum Gasteiger partial charge on any atom is -0.497 e. The van der Waals surface area contributed by atoms with Crippen molar-refractivity contribution >= 4 is 21.8 Å². The summed E-state index contributed by atoms with van der Waals surface area (Å²) >= 11 is 0.